The number of hydrogen-bond acceptors (Lipinski definition) is 0. The summed E-state index contributed by atoms with van der Waals surface area (Å²) >= 11 is -4.21. The minimum absolute atomic E-state index is 0. The van der Waals surface area contributed by atoms with Crippen LogP contribution in [0, 0.1) is 11.3 Å². The van der Waals surface area contributed by atoms with Gasteiger partial charge in [-0.2, -0.15) is 0 Å². The molecule has 3 aromatic rings. The second-order valence-electron chi connectivity index (χ2n) is 11.9. The first-order chi connectivity index (χ1) is 16.1. The van der Waals surface area contributed by atoms with E-state index in [0.717, 1.165) is 12.8 Å². The molecule has 1 unspecified atom stereocenters. The molecule has 2 aliphatic carbocycles. The van der Waals surface area contributed by atoms with Crippen molar-refractivity contribution >= 4 is 35.6 Å². The molecule has 0 fully saturated rings. The molecule has 0 heterocycles. The molecule has 0 spiro atoms. The molecule has 3 heteroatoms. The van der Waals surface area contributed by atoms with Gasteiger partial charge in [0, 0.05) is 0 Å². The fourth-order valence-corrected chi connectivity index (χ4v) is 21.9. The summed E-state index contributed by atoms with van der Waals surface area (Å²) in [4.78, 5) is 0. The molecule has 0 amide bonds. The van der Waals surface area contributed by atoms with Crippen LogP contribution in [0.1, 0.15) is 52.2 Å². The number of hydrogen-bond donors (Lipinski definition) is 0. The van der Waals surface area contributed by atoms with Crippen molar-refractivity contribution in [2.45, 2.75) is 52.1 Å². The Labute approximate surface area is 231 Å². The van der Waals surface area contributed by atoms with Gasteiger partial charge in [-0.05, 0) is 0 Å². The van der Waals surface area contributed by atoms with Crippen molar-refractivity contribution in [3.8, 4) is 11.1 Å². The Morgan fingerprint density at radius 2 is 1.47 bits per heavy atom. The van der Waals surface area contributed by atoms with E-state index in [2.05, 4.69) is 118 Å². The molecule has 3 aromatic carbocycles. The second-order valence-corrected chi connectivity index (χ2v) is 25.8. The van der Waals surface area contributed by atoms with Crippen LogP contribution in [-0.2, 0) is 24.7 Å². The van der Waals surface area contributed by atoms with Gasteiger partial charge in [0.2, 0.25) is 0 Å². The first-order valence-electron chi connectivity index (χ1n) is 12.8. The minimum atomic E-state index is -4.21. The molecule has 1 atom stereocenters. The molecule has 0 aromatic heterocycles. The summed E-state index contributed by atoms with van der Waals surface area (Å²) in [5.41, 5.74) is 9.05. The van der Waals surface area contributed by atoms with Gasteiger partial charge in [-0.1, -0.05) is 0 Å². The third-order valence-electron chi connectivity index (χ3n) is 8.55. The predicted molar refractivity (Wildman–Crippen MR) is 162 cm³/mol. The summed E-state index contributed by atoms with van der Waals surface area (Å²) in [5, 5.41) is 0. The molecular weight excluding hydrogens is 558 g/mol. The van der Waals surface area contributed by atoms with E-state index >= 15 is 0 Å². The number of benzene rings is 3. The van der Waals surface area contributed by atoms with E-state index in [0.29, 0.717) is 5.92 Å². The predicted octanol–water partition coefficient (Wildman–Crippen LogP) is 8.51. The average Bonchev–Trinajstić information content (AvgIpc) is 3.37. The van der Waals surface area contributed by atoms with Crippen LogP contribution >= 0.6 is 24.8 Å². The Morgan fingerprint density at radius 1 is 0.861 bits per heavy atom. The standard InChI is InChI=1S/C13H9.C12H19.C6H5.CH3.CH2.2ClH.Zr/c1-3-7-12-10(5-1)9-11-6-2-4-8-13(11)12;1-6-10-7-9(2)8-11(10)12(3,4)5;1-2-4-6-5-3-1;;;;;/h1-5,7-8H,9H2;8-9H,6H2,1-5H3;1-5H;1H3;1H2;2*1H;. The van der Waals surface area contributed by atoms with E-state index < -0.39 is 18.3 Å². The third-order valence-corrected chi connectivity index (χ3v) is 23.4. The monoisotopic (exact) mass is 596 g/mol. The quantitative estimate of drug-likeness (QED) is 0.221. The van der Waals surface area contributed by atoms with Gasteiger partial charge in [-0.25, -0.2) is 0 Å². The molecular formula is C33H40Cl2Zr. The van der Waals surface area contributed by atoms with Crippen molar-refractivity contribution < 1.29 is 18.3 Å². The van der Waals surface area contributed by atoms with Crippen molar-refractivity contribution in [1.82, 2.24) is 0 Å². The van der Waals surface area contributed by atoms with Crippen molar-refractivity contribution in [1.29, 1.82) is 0 Å². The molecule has 0 bridgehead atoms. The summed E-state index contributed by atoms with van der Waals surface area (Å²) in [6.45, 7) is 11.9. The molecule has 5 rings (SSSR count). The van der Waals surface area contributed by atoms with Crippen LogP contribution in [-0.4, -0.2) is 4.21 Å². The fraction of sp³-hybridized carbons (Fsp3) is 0.303. The van der Waals surface area contributed by atoms with E-state index in [9.17, 15) is 0 Å². The first-order valence-corrected chi connectivity index (χ1v) is 20.7. The molecule has 0 saturated carbocycles. The van der Waals surface area contributed by atoms with Crippen LogP contribution in [0.4, 0.5) is 0 Å². The first kappa shape index (κ1) is 29.0. The van der Waals surface area contributed by atoms with E-state index in [1.54, 1.807) is 12.1 Å². The van der Waals surface area contributed by atoms with Crippen LogP contribution < -0.4 is 6.54 Å². The Balaban J connectivity index is 0.00000180. The molecule has 0 radical (unpaired) electrons. The van der Waals surface area contributed by atoms with E-state index in [-0.39, 0.29) is 30.2 Å². The second kappa shape index (κ2) is 9.98. The van der Waals surface area contributed by atoms with E-state index in [1.807, 2.05) is 0 Å². The van der Waals surface area contributed by atoms with Gasteiger partial charge in [0.05, 0.1) is 0 Å². The SMILES string of the molecule is Cl.Cl.[CH2]=[Zr]([CH3])([C]1=C(CC)C(C(C)(C)C)=CC1C)([c]1ccccc1)[c]1cccc2c1Cc1ccccc1-2. The Hall–Kier alpha value is -1.53. The van der Waals surface area contributed by atoms with Crippen LogP contribution in [0.25, 0.3) is 11.1 Å². The van der Waals surface area contributed by atoms with Crippen molar-refractivity contribution in [3.05, 3.63) is 104 Å². The zero-order valence-electron chi connectivity index (χ0n) is 22.5. The zero-order valence-corrected chi connectivity index (χ0v) is 26.6. The van der Waals surface area contributed by atoms with Gasteiger partial charge in [0.15, 0.2) is 0 Å². The summed E-state index contributed by atoms with van der Waals surface area (Å²) in [5.74, 6) is 0.414. The molecule has 36 heavy (non-hydrogen) atoms. The summed E-state index contributed by atoms with van der Waals surface area (Å²) in [6.07, 6.45) is 4.65. The van der Waals surface area contributed by atoms with Gasteiger partial charge >= 0.3 is 208 Å². The van der Waals surface area contributed by atoms with Gasteiger partial charge in [-0.3, -0.25) is 0 Å². The van der Waals surface area contributed by atoms with Crippen molar-refractivity contribution in [2.75, 3.05) is 0 Å². The number of halogens is 2. The molecule has 190 valence electrons. The van der Waals surface area contributed by atoms with Crippen molar-refractivity contribution in [2.24, 2.45) is 11.3 Å². The Bertz CT molecular complexity index is 1420. The summed E-state index contributed by atoms with van der Waals surface area (Å²) in [6, 6.07) is 27.4. The average molecular weight is 599 g/mol. The third kappa shape index (κ3) is 4.20. The molecule has 2 aliphatic rings. The van der Waals surface area contributed by atoms with E-state index in [4.69, 9.17) is 4.21 Å². The van der Waals surface area contributed by atoms with E-state index in [1.165, 1.54) is 31.1 Å². The summed E-state index contributed by atoms with van der Waals surface area (Å²) in [7, 11) is 0. The number of fused-ring (bicyclic) bond motifs is 3. The van der Waals surface area contributed by atoms with Crippen LogP contribution in [0.15, 0.2) is 93.3 Å². The number of rotatable bonds is 4. The fourth-order valence-electron chi connectivity index (χ4n) is 7.10. The zero-order chi connectivity index (χ0) is 24.3. The van der Waals surface area contributed by atoms with Gasteiger partial charge < -0.3 is 0 Å². The van der Waals surface area contributed by atoms with Crippen LogP contribution in [0.3, 0.4) is 0 Å². The topological polar surface area (TPSA) is 0 Å². The maximum atomic E-state index is 5.45. The van der Waals surface area contributed by atoms with Gasteiger partial charge in [-0.15, -0.1) is 24.8 Å². The Morgan fingerprint density at radius 3 is 2.11 bits per heavy atom. The van der Waals surface area contributed by atoms with Gasteiger partial charge in [0.1, 0.15) is 0 Å². The Kier molecular flexibility index (Phi) is 8.05. The van der Waals surface area contributed by atoms with Crippen LogP contribution in [0.5, 0.6) is 0 Å². The normalized spacial score (nSPS) is 17.1. The van der Waals surface area contributed by atoms with Crippen molar-refractivity contribution in [3.63, 3.8) is 0 Å². The van der Waals surface area contributed by atoms with Gasteiger partial charge in [0.25, 0.3) is 0 Å². The maximum absolute atomic E-state index is 5.45. The molecule has 0 saturated heterocycles. The number of allylic oxidation sites excluding steroid dienone is 4. The summed E-state index contributed by atoms with van der Waals surface area (Å²) < 4.78 is 12.8. The van der Waals surface area contributed by atoms with Crippen LogP contribution in [0.2, 0.25) is 4.63 Å². The molecule has 0 N–H and O–H groups in total. The molecule has 0 aliphatic heterocycles. The molecule has 0 nitrogen and oxygen atoms in total.